The van der Waals surface area contributed by atoms with Crippen LogP contribution in [0.1, 0.15) is 11.9 Å². The molecule has 1 aliphatic rings. The lowest BCUT2D eigenvalue weighted by molar-refractivity contribution is 0.134. The number of aromatic nitrogens is 2. The molecule has 0 spiro atoms. The van der Waals surface area contributed by atoms with E-state index >= 15 is 0 Å². The van der Waals surface area contributed by atoms with Crippen LogP contribution in [-0.4, -0.2) is 33.6 Å². The first-order valence-corrected chi connectivity index (χ1v) is 6.34. The molecule has 98 valence electrons. The molecule has 19 heavy (non-hydrogen) atoms. The molecule has 2 aromatic rings. The van der Waals surface area contributed by atoms with E-state index in [4.69, 9.17) is 0 Å². The Balaban J connectivity index is 1.56. The van der Waals surface area contributed by atoms with Crippen LogP contribution in [0, 0.1) is 6.92 Å². The molecule has 1 aliphatic heterocycles. The Bertz CT molecular complexity index is 572. The Morgan fingerprint density at radius 1 is 1.32 bits per heavy atom. The van der Waals surface area contributed by atoms with Gasteiger partial charge in [0.15, 0.2) is 0 Å². The number of rotatable bonds is 2. The van der Waals surface area contributed by atoms with E-state index in [1.165, 1.54) is 0 Å². The number of benzene rings is 1. The van der Waals surface area contributed by atoms with E-state index in [1.807, 2.05) is 43.5 Å². The van der Waals surface area contributed by atoms with Gasteiger partial charge in [0.25, 0.3) is 0 Å². The SMILES string of the molecule is Cc1nccn1C1CN(C(=O)Nc2ccccc2)C1. The first-order chi connectivity index (χ1) is 9.24. The lowest BCUT2D eigenvalue weighted by atomic mass is 10.1. The second kappa shape index (κ2) is 4.76. The smallest absolute Gasteiger partial charge is 0.321 e. The number of aryl methyl sites for hydroxylation is 1. The molecule has 0 aliphatic carbocycles. The Kier molecular flexibility index (Phi) is 2.95. The monoisotopic (exact) mass is 256 g/mol. The fraction of sp³-hybridized carbons (Fsp3) is 0.286. The number of likely N-dealkylation sites (tertiary alicyclic amines) is 1. The second-order valence-corrected chi connectivity index (χ2v) is 4.74. The first-order valence-electron chi connectivity index (χ1n) is 6.34. The lowest BCUT2D eigenvalue weighted by Gasteiger charge is -2.40. The van der Waals surface area contributed by atoms with Gasteiger partial charge in [-0.15, -0.1) is 0 Å². The highest BCUT2D eigenvalue weighted by Crippen LogP contribution is 2.23. The number of hydrogen-bond acceptors (Lipinski definition) is 2. The Hall–Kier alpha value is -2.30. The number of para-hydroxylation sites is 1. The zero-order chi connectivity index (χ0) is 13.2. The van der Waals surface area contributed by atoms with Gasteiger partial charge in [-0.3, -0.25) is 0 Å². The van der Waals surface area contributed by atoms with Crippen molar-refractivity contribution in [3.8, 4) is 0 Å². The van der Waals surface area contributed by atoms with E-state index in [2.05, 4.69) is 14.9 Å². The molecule has 0 unspecified atom stereocenters. The Labute approximate surface area is 111 Å². The zero-order valence-corrected chi connectivity index (χ0v) is 10.8. The number of nitrogens with one attached hydrogen (secondary N) is 1. The molecule has 2 heterocycles. The van der Waals surface area contributed by atoms with E-state index in [1.54, 1.807) is 11.1 Å². The highest BCUT2D eigenvalue weighted by atomic mass is 16.2. The van der Waals surface area contributed by atoms with Gasteiger partial charge in [-0.1, -0.05) is 18.2 Å². The van der Waals surface area contributed by atoms with Crippen molar-refractivity contribution in [1.82, 2.24) is 14.5 Å². The normalized spacial score (nSPS) is 15.1. The predicted molar refractivity (Wildman–Crippen MR) is 73.0 cm³/mol. The van der Waals surface area contributed by atoms with E-state index in [-0.39, 0.29) is 6.03 Å². The summed E-state index contributed by atoms with van der Waals surface area (Å²) in [6.07, 6.45) is 3.76. The molecule has 1 aromatic carbocycles. The van der Waals surface area contributed by atoms with Crippen LogP contribution in [-0.2, 0) is 0 Å². The van der Waals surface area contributed by atoms with Crippen LogP contribution in [0.5, 0.6) is 0 Å². The minimum Gasteiger partial charge on any atom is -0.329 e. The molecule has 0 bridgehead atoms. The summed E-state index contributed by atoms with van der Waals surface area (Å²) in [6, 6.07) is 9.82. The van der Waals surface area contributed by atoms with E-state index in [9.17, 15) is 4.79 Å². The maximum atomic E-state index is 12.0. The lowest BCUT2D eigenvalue weighted by Crippen LogP contribution is -2.52. The minimum absolute atomic E-state index is 0.0415. The average Bonchev–Trinajstić information content (AvgIpc) is 2.75. The van der Waals surface area contributed by atoms with Crippen molar-refractivity contribution < 1.29 is 4.79 Å². The van der Waals surface area contributed by atoms with Crippen molar-refractivity contribution in [2.45, 2.75) is 13.0 Å². The summed E-state index contributed by atoms with van der Waals surface area (Å²) in [5.74, 6) is 0.994. The summed E-state index contributed by atoms with van der Waals surface area (Å²) in [4.78, 5) is 18.0. The van der Waals surface area contributed by atoms with E-state index in [0.29, 0.717) is 6.04 Å². The van der Waals surface area contributed by atoms with Gasteiger partial charge in [0, 0.05) is 31.2 Å². The Morgan fingerprint density at radius 2 is 2.05 bits per heavy atom. The standard InChI is InChI=1S/C14H16N4O/c1-11-15-7-8-18(11)13-9-17(10-13)14(19)16-12-5-3-2-4-6-12/h2-8,13H,9-10H2,1H3,(H,16,19). The number of anilines is 1. The third kappa shape index (κ3) is 2.31. The first kappa shape index (κ1) is 11.8. The maximum Gasteiger partial charge on any atom is 0.321 e. The molecule has 0 saturated carbocycles. The van der Waals surface area contributed by atoms with Crippen LogP contribution in [0.25, 0.3) is 0 Å². The third-order valence-electron chi connectivity index (χ3n) is 3.43. The molecule has 1 saturated heterocycles. The average molecular weight is 256 g/mol. The summed E-state index contributed by atoms with van der Waals surface area (Å²) in [7, 11) is 0. The number of carbonyl (C=O) groups excluding carboxylic acids is 1. The number of amides is 2. The van der Waals surface area contributed by atoms with Crippen molar-refractivity contribution in [2.24, 2.45) is 0 Å². The molecule has 1 fully saturated rings. The fourth-order valence-electron chi connectivity index (χ4n) is 2.29. The van der Waals surface area contributed by atoms with Crippen LogP contribution in [0.2, 0.25) is 0 Å². The van der Waals surface area contributed by atoms with Crippen LogP contribution < -0.4 is 5.32 Å². The molecular weight excluding hydrogens is 240 g/mol. The van der Waals surface area contributed by atoms with Crippen LogP contribution in [0.15, 0.2) is 42.7 Å². The van der Waals surface area contributed by atoms with Crippen molar-refractivity contribution in [3.05, 3.63) is 48.5 Å². The van der Waals surface area contributed by atoms with Gasteiger partial charge >= 0.3 is 6.03 Å². The van der Waals surface area contributed by atoms with E-state index in [0.717, 1.165) is 24.6 Å². The summed E-state index contributed by atoms with van der Waals surface area (Å²) < 4.78 is 2.12. The number of nitrogens with zero attached hydrogens (tertiary/aromatic N) is 3. The molecule has 1 N–H and O–H groups in total. The largest absolute Gasteiger partial charge is 0.329 e. The number of imidazole rings is 1. The molecule has 0 radical (unpaired) electrons. The zero-order valence-electron chi connectivity index (χ0n) is 10.8. The summed E-state index contributed by atoms with van der Waals surface area (Å²) in [6.45, 7) is 3.44. The molecule has 5 nitrogen and oxygen atoms in total. The van der Waals surface area contributed by atoms with Gasteiger partial charge in [0.1, 0.15) is 5.82 Å². The van der Waals surface area contributed by atoms with Gasteiger partial charge in [-0.2, -0.15) is 0 Å². The van der Waals surface area contributed by atoms with Gasteiger partial charge in [-0.05, 0) is 19.1 Å². The molecule has 2 amide bonds. The fourth-order valence-corrected chi connectivity index (χ4v) is 2.29. The molecule has 5 heteroatoms. The molecule has 1 aromatic heterocycles. The quantitative estimate of drug-likeness (QED) is 0.896. The highest BCUT2D eigenvalue weighted by molar-refractivity contribution is 5.89. The van der Waals surface area contributed by atoms with Crippen molar-refractivity contribution >= 4 is 11.7 Å². The van der Waals surface area contributed by atoms with Crippen molar-refractivity contribution in [1.29, 1.82) is 0 Å². The van der Waals surface area contributed by atoms with Crippen molar-refractivity contribution in [3.63, 3.8) is 0 Å². The van der Waals surface area contributed by atoms with Gasteiger partial charge in [-0.25, -0.2) is 9.78 Å². The van der Waals surface area contributed by atoms with Gasteiger partial charge < -0.3 is 14.8 Å². The number of hydrogen-bond donors (Lipinski definition) is 1. The predicted octanol–water partition coefficient (Wildman–Crippen LogP) is 2.28. The van der Waals surface area contributed by atoms with E-state index < -0.39 is 0 Å². The summed E-state index contributed by atoms with van der Waals surface area (Å²) in [5, 5.41) is 2.89. The minimum atomic E-state index is -0.0415. The van der Waals surface area contributed by atoms with Gasteiger partial charge in [0.2, 0.25) is 0 Å². The van der Waals surface area contributed by atoms with Crippen molar-refractivity contribution in [2.75, 3.05) is 18.4 Å². The van der Waals surface area contributed by atoms with Crippen LogP contribution in [0.3, 0.4) is 0 Å². The van der Waals surface area contributed by atoms with Crippen LogP contribution in [0.4, 0.5) is 10.5 Å². The number of urea groups is 1. The highest BCUT2D eigenvalue weighted by Gasteiger charge is 2.32. The third-order valence-corrected chi connectivity index (χ3v) is 3.43. The Morgan fingerprint density at radius 3 is 2.68 bits per heavy atom. The summed E-state index contributed by atoms with van der Waals surface area (Å²) in [5.41, 5.74) is 0.828. The molecule has 3 rings (SSSR count). The summed E-state index contributed by atoms with van der Waals surface area (Å²) >= 11 is 0. The van der Waals surface area contributed by atoms with Gasteiger partial charge in [0.05, 0.1) is 6.04 Å². The maximum absolute atomic E-state index is 12.0. The molecular formula is C14H16N4O. The second-order valence-electron chi connectivity index (χ2n) is 4.74. The topological polar surface area (TPSA) is 50.2 Å². The molecule has 0 atom stereocenters. The number of carbonyl (C=O) groups is 1. The van der Waals surface area contributed by atoms with Crippen LogP contribution >= 0.6 is 0 Å².